The Bertz CT molecular complexity index is 836. The summed E-state index contributed by atoms with van der Waals surface area (Å²) >= 11 is 1.64. The summed E-state index contributed by atoms with van der Waals surface area (Å²) in [5.41, 5.74) is 2.31. The average Bonchev–Trinajstić information content (AvgIpc) is 3.04. The highest BCUT2D eigenvalue weighted by Gasteiger charge is 2.23. The molecule has 0 aliphatic carbocycles. The fourth-order valence-corrected chi connectivity index (χ4v) is 4.13. The normalized spacial score (nSPS) is 21.2. The molecule has 5 nitrogen and oxygen atoms in total. The van der Waals surface area contributed by atoms with Crippen LogP contribution in [0.2, 0.25) is 0 Å². The van der Waals surface area contributed by atoms with Gasteiger partial charge in [-0.05, 0) is 37.4 Å². The molecule has 4 rings (SSSR count). The Morgan fingerprint density at radius 2 is 1.92 bits per heavy atom. The first-order chi connectivity index (χ1) is 11.7. The van der Waals surface area contributed by atoms with E-state index in [2.05, 4.69) is 75.1 Å². The molecule has 0 spiro atoms. The molecule has 2 unspecified atom stereocenters. The van der Waals surface area contributed by atoms with Gasteiger partial charge in [0.25, 0.3) is 0 Å². The third-order valence-electron chi connectivity index (χ3n) is 4.32. The predicted octanol–water partition coefficient (Wildman–Crippen LogP) is 3.62. The number of anilines is 3. The largest absolute Gasteiger partial charge is 0.367 e. The molecule has 2 N–H and O–H groups in total. The number of nitrogens with one attached hydrogen (secondary N) is 2. The number of para-hydroxylation sites is 2. The molecule has 2 atom stereocenters. The van der Waals surface area contributed by atoms with E-state index >= 15 is 0 Å². The van der Waals surface area contributed by atoms with Gasteiger partial charge in [-0.1, -0.05) is 12.1 Å². The molecule has 1 aromatic carbocycles. The van der Waals surface area contributed by atoms with Crippen LogP contribution >= 0.6 is 11.3 Å². The number of thiophene rings is 1. The molecule has 124 valence electrons. The van der Waals surface area contributed by atoms with Crippen molar-refractivity contribution in [1.82, 2.24) is 15.3 Å². The Labute approximate surface area is 145 Å². The highest BCUT2D eigenvalue weighted by Crippen LogP contribution is 2.32. The van der Waals surface area contributed by atoms with Crippen LogP contribution < -0.4 is 15.5 Å². The van der Waals surface area contributed by atoms with Gasteiger partial charge in [0, 0.05) is 25.2 Å². The van der Waals surface area contributed by atoms with Crippen LogP contribution in [0.1, 0.15) is 13.8 Å². The lowest BCUT2D eigenvalue weighted by Crippen LogP contribution is -2.54. The van der Waals surface area contributed by atoms with E-state index in [1.54, 1.807) is 17.7 Å². The van der Waals surface area contributed by atoms with Crippen LogP contribution in [0.25, 0.3) is 10.2 Å². The Kier molecular flexibility index (Phi) is 4.08. The van der Waals surface area contributed by atoms with Crippen LogP contribution in [0.15, 0.2) is 42.0 Å². The smallest absolute Gasteiger partial charge is 0.142 e. The fraction of sp³-hybridized carbons (Fsp3) is 0.333. The molecule has 1 aliphatic heterocycles. The van der Waals surface area contributed by atoms with Crippen LogP contribution in [0.4, 0.5) is 17.2 Å². The Hall–Kier alpha value is -2.18. The van der Waals surface area contributed by atoms with Gasteiger partial charge in [0.15, 0.2) is 0 Å². The second-order valence-corrected chi connectivity index (χ2v) is 7.27. The molecule has 6 heteroatoms. The van der Waals surface area contributed by atoms with Crippen molar-refractivity contribution < 1.29 is 0 Å². The Morgan fingerprint density at radius 1 is 1.12 bits per heavy atom. The molecule has 24 heavy (non-hydrogen) atoms. The monoisotopic (exact) mass is 339 g/mol. The molecule has 3 aromatic rings. The van der Waals surface area contributed by atoms with Crippen molar-refractivity contribution in [1.29, 1.82) is 0 Å². The molecule has 1 saturated heterocycles. The first-order valence-corrected chi connectivity index (χ1v) is 9.14. The number of aromatic nitrogens is 2. The summed E-state index contributed by atoms with van der Waals surface area (Å²) in [6.07, 6.45) is 1.62. The highest BCUT2D eigenvalue weighted by molar-refractivity contribution is 7.16. The molecule has 1 aliphatic rings. The second kappa shape index (κ2) is 6.37. The van der Waals surface area contributed by atoms with Crippen molar-refractivity contribution in [3.05, 3.63) is 42.0 Å². The molecule has 0 saturated carbocycles. The third-order valence-corrected chi connectivity index (χ3v) is 5.14. The molecular formula is C18H21N5S. The van der Waals surface area contributed by atoms with Crippen LogP contribution in [0.5, 0.6) is 0 Å². The zero-order valence-corrected chi connectivity index (χ0v) is 14.7. The van der Waals surface area contributed by atoms with E-state index in [0.717, 1.165) is 34.8 Å². The topological polar surface area (TPSA) is 53.1 Å². The summed E-state index contributed by atoms with van der Waals surface area (Å²) in [4.78, 5) is 12.2. The zero-order valence-electron chi connectivity index (χ0n) is 13.9. The number of hydrogen-bond donors (Lipinski definition) is 2. The van der Waals surface area contributed by atoms with E-state index in [4.69, 9.17) is 0 Å². The third kappa shape index (κ3) is 2.95. The molecule has 0 radical (unpaired) electrons. The maximum absolute atomic E-state index is 4.44. The number of nitrogens with zero attached hydrogens (tertiary/aromatic N) is 3. The number of hydrogen-bond acceptors (Lipinski definition) is 6. The maximum Gasteiger partial charge on any atom is 0.142 e. The lowest BCUT2D eigenvalue weighted by Gasteiger charge is -2.38. The van der Waals surface area contributed by atoms with E-state index in [9.17, 15) is 0 Å². The standard InChI is InChI=1S/C18H21N5S/c1-12-9-23(10-13(2)21-12)16-6-4-3-5-15(16)22-17-14-7-8-24-18(14)20-11-19-17/h3-8,11-13,21H,9-10H2,1-2H3,(H,19,20,22). The fourth-order valence-electron chi connectivity index (χ4n) is 3.40. The van der Waals surface area contributed by atoms with Crippen molar-refractivity contribution in [2.75, 3.05) is 23.3 Å². The molecule has 3 heterocycles. The first-order valence-electron chi connectivity index (χ1n) is 8.26. The van der Waals surface area contributed by atoms with Gasteiger partial charge in [0.2, 0.25) is 0 Å². The average molecular weight is 339 g/mol. The summed E-state index contributed by atoms with van der Waals surface area (Å²) in [5.74, 6) is 0.866. The minimum atomic E-state index is 0.476. The molecule has 1 fully saturated rings. The van der Waals surface area contributed by atoms with Crippen LogP contribution in [0.3, 0.4) is 0 Å². The maximum atomic E-state index is 4.44. The first kappa shape index (κ1) is 15.4. The number of benzene rings is 1. The van der Waals surface area contributed by atoms with Gasteiger partial charge in [0.1, 0.15) is 17.0 Å². The summed E-state index contributed by atoms with van der Waals surface area (Å²) in [6, 6.07) is 11.5. The van der Waals surface area contributed by atoms with Gasteiger partial charge in [-0.3, -0.25) is 0 Å². The minimum absolute atomic E-state index is 0.476. The quantitative estimate of drug-likeness (QED) is 0.763. The molecule has 0 bridgehead atoms. The van der Waals surface area contributed by atoms with Crippen molar-refractivity contribution in [2.24, 2.45) is 0 Å². The van der Waals surface area contributed by atoms with E-state index in [0.29, 0.717) is 12.1 Å². The van der Waals surface area contributed by atoms with Crippen molar-refractivity contribution >= 4 is 38.7 Å². The lowest BCUT2D eigenvalue weighted by atomic mass is 10.1. The van der Waals surface area contributed by atoms with E-state index in [1.165, 1.54) is 5.69 Å². The highest BCUT2D eigenvalue weighted by atomic mass is 32.1. The number of fused-ring (bicyclic) bond motifs is 1. The van der Waals surface area contributed by atoms with Gasteiger partial charge >= 0.3 is 0 Å². The molecular weight excluding hydrogens is 318 g/mol. The summed E-state index contributed by atoms with van der Waals surface area (Å²) in [5, 5.41) is 10.2. The Morgan fingerprint density at radius 3 is 2.75 bits per heavy atom. The van der Waals surface area contributed by atoms with E-state index in [1.807, 2.05) is 0 Å². The van der Waals surface area contributed by atoms with Gasteiger partial charge in [0.05, 0.1) is 16.8 Å². The SMILES string of the molecule is CC1CN(c2ccccc2Nc2ncnc3sccc23)CC(C)N1. The minimum Gasteiger partial charge on any atom is -0.367 e. The van der Waals surface area contributed by atoms with Crippen LogP contribution in [-0.2, 0) is 0 Å². The summed E-state index contributed by atoms with van der Waals surface area (Å²) in [6.45, 7) is 6.47. The van der Waals surface area contributed by atoms with Crippen LogP contribution in [-0.4, -0.2) is 35.1 Å². The summed E-state index contributed by atoms with van der Waals surface area (Å²) in [7, 11) is 0. The van der Waals surface area contributed by atoms with Gasteiger partial charge in [-0.2, -0.15) is 0 Å². The summed E-state index contributed by atoms with van der Waals surface area (Å²) < 4.78 is 0. The second-order valence-electron chi connectivity index (χ2n) is 6.38. The molecule has 0 amide bonds. The predicted molar refractivity (Wildman–Crippen MR) is 101 cm³/mol. The van der Waals surface area contributed by atoms with Crippen molar-refractivity contribution in [2.45, 2.75) is 25.9 Å². The van der Waals surface area contributed by atoms with Crippen LogP contribution in [0, 0.1) is 0 Å². The number of piperazine rings is 1. The Balaban J connectivity index is 1.68. The van der Waals surface area contributed by atoms with Gasteiger partial charge < -0.3 is 15.5 Å². The van der Waals surface area contributed by atoms with E-state index < -0.39 is 0 Å². The van der Waals surface area contributed by atoms with Gasteiger partial charge in [-0.15, -0.1) is 11.3 Å². The number of rotatable bonds is 3. The van der Waals surface area contributed by atoms with Gasteiger partial charge in [-0.25, -0.2) is 9.97 Å². The van der Waals surface area contributed by atoms with Crippen molar-refractivity contribution in [3.8, 4) is 0 Å². The van der Waals surface area contributed by atoms with Crippen molar-refractivity contribution in [3.63, 3.8) is 0 Å². The zero-order chi connectivity index (χ0) is 16.5. The van der Waals surface area contributed by atoms with E-state index in [-0.39, 0.29) is 0 Å². The lowest BCUT2D eigenvalue weighted by molar-refractivity contribution is 0.407. The molecule has 2 aromatic heterocycles.